The Morgan fingerprint density at radius 1 is 0.764 bits per heavy atom. The summed E-state index contributed by atoms with van der Waals surface area (Å²) in [5.41, 5.74) is 0.763. The Labute approximate surface area is 423 Å². The molecule has 2 N–H and O–H groups in total. The third kappa shape index (κ3) is 9.00. The van der Waals surface area contributed by atoms with E-state index in [-0.39, 0.29) is 42.2 Å². The van der Waals surface area contributed by atoms with Gasteiger partial charge in [0, 0.05) is 40.6 Å². The van der Waals surface area contributed by atoms with Gasteiger partial charge in [0.2, 0.25) is 6.79 Å². The Morgan fingerprint density at radius 2 is 1.39 bits per heavy atom. The minimum Gasteiger partial charge on any atom is -0.493 e. The van der Waals surface area contributed by atoms with Gasteiger partial charge in [-0.25, -0.2) is 19.2 Å². The number of aryl methyl sites for hydroxylation is 1. The van der Waals surface area contributed by atoms with Crippen LogP contribution in [0.25, 0.3) is 0 Å². The second-order valence-electron chi connectivity index (χ2n) is 22.0. The van der Waals surface area contributed by atoms with Crippen LogP contribution in [0, 0.1) is 13.8 Å². The molecule has 0 radical (unpaired) electrons. The van der Waals surface area contributed by atoms with Crippen molar-refractivity contribution in [2.45, 2.75) is 147 Å². The number of nitrogens with zero attached hydrogens (tertiary/aromatic N) is 2. The smallest absolute Gasteiger partial charge is 0.493 e. The standard InChI is InChI=1S/C52H65N3O16S/c1-24-17-27-18-29-44(56)55-30-21-63-45(57)52(28-20-31(61-13)32(19-26(28)15-16-53-52)66-46(58)69-49(3,4)5)22-72-43(35-34(30)41-40(64-23-65-41)25(2)39(35)67-47(59)70-50(6,7)8)37(55)36(54(29)12)33(27)42(38(24)62-14)68-48(60)71-51(9,10)11/h17,19-20,29-30,36-37,43-44,53,56H,15-16,18,21-23H2,1-14H3/t29-,30-,36-,37?,43+,44-,52+/m0/s1. The number of nitrogens with one attached hydrogen (secondary N) is 1. The van der Waals surface area contributed by atoms with Gasteiger partial charge in [0.1, 0.15) is 35.4 Å². The van der Waals surface area contributed by atoms with E-state index >= 15 is 4.79 Å². The van der Waals surface area contributed by atoms with Crippen molar-refractivity contribution in [2.24, 2.45) is 0 Å². The summed E-state index contributed by atoms with van der Waals surface area (Å²) in [4.78, 5) is 60.1. The third-order valence-corrected chi connectivity index (χ3v) is 15.2. The summed E-state index contributed by atoms with van der Waals surface area (Å²) in [6, 6.07) is 2.47. The summed E-state index contributed by atoms with van der Waals surface area (Å²) in [6.45, 7) is 19.2. The molecule has 0 aliphatic carbocycles. The van der Waals surface area contributed by atoms with Crippen molar-refractivity contribution in [3.8, 4) is 40.2 Å². The normalized spacial score (nSPS) is 25.5. The van der Waals surface area contributed by atoms with Gasteiger partial charge in [0.15, 0.2) is 40.0 Å². The average molecular weight is 1020 g/mol. The van der Waals surface area contributed by atoms with Crippen LogP contribution in [0.3, 0.4) is 0 Å². The molecule has 7 aliphatic heterocycles. The van der Waals surface area contributed by atoms with Crippen LogP contribution >= 0.6 is 11.8 Å². The number of ether oxygens (including phenoxy) is 11. The van der Waals surface area contributed by atoms with Crippen LogP contribution in [0.1, 0.15) is 124 Å². The van der Waals surface area contributed by atoms with Crippen LogP contribution in [0.4, 0.5) is 14.4 Å². The van der Waals surface area contributed by atoms with Crippen molar-refractivity contribution in [2.75, 3.05) is 47.0 Å². The Balaban J connectivity index is 1.28. The van der Waals surface area contributed by atoms with Crippen LogP contribution in [-0.2, 0) is 42.1 Å². The first-order valence-electron chi connectivity index (χ1n) is 24.1. The van der Waals surface area contributed by atoms with Crippen LogP contribution in [0.2, 0.25) is 0 Å². The fourth-order valence-corrected chi connectivity index (χ4v) is 12.8. The minimum atomic E-state index is -1.53. The number of methoxy groups -OCH3 is 2. The molecule has 2 fully saturated rings. The second-order valence-corrected chi connectivity index (χ2v) is 23.1. The van der Waals surface area contributed by atoms with Gasteiger partial charge < -0.3 is 57.2 Å². The molecule has 0 amide bonds. The maximum absolute atomic E-state index is 15.3. The number of aliphatic hydroxyl groups is 1. The monoisotopic (exact) mass is 1020 g/mol. The molecule has 2 saturated heterocycles. The number of carbonyl (C=O) groups is 4. The first-order valence-corrected chi connectivity index (χ1v) is 25.1. The van der Waals surface area contributed by atoms with Crippen LogP contribution in [0.5, 0.6) is 40.2 Å². The number of likely N-dealkylation sites (N-methyl/N-ethyl adjacent to an activating group) is 1. The number of benzene rings is 3. The molecule has 20 heteroatoms. The van der Waals surface area contributed by atoms with Crippen molar-refractivity contribution in [1.82, 2.24) is 15.1 Å². The zero-order valence-electron chi connectivity index (χ0n) is 43.3. The molecule has 10 rings (SSSR count). The van der Waals surface area contributed by atoms with E-state index in [1.54, 1.807) is 81.4 Å². The van der Waals surface area contributed by atoms with Crippen molar-refractivity contribution in [3.63, 3.8) is 0 Å². The maximum atomic E-state index is 15.3. The molecule has 19 nitrogen and oxygen atoms in total. The molecule has 7 atom stereocenters. The molecule has 4 bridgehead atoms. The van der Waals surface area contributed by atoms with Crippen molar-refractivity contribution in [3.05, 3.63) is 62.7 Å². The van der Waals surface area contributed by atoms with Crippen molar-refractivity contribution in [1.29, 1.82) is 0 Å². The predicted molar refractivity (Wildman–Crippen MR) is 261 cm³/mol. The quantitative estimate of drug-likeness (QED) is 0.141. The number of hydrogen-bond donors (Lipinski definition) is 2. The second kappa shape index (κ2) is 18.4. The van der Waals surface area contributed by atoms with E-state index in [1.807, 2.05) is 24.9 Å². The fourth-order valence-electron chi connectivity index (χ4n) is 11.1. The zero-order valence-corrected chi connectivity index (χ0v) is 44.1. The Kier molecular flexibility index (Phi) is 13.1. The molecule has 7 aliphatic rings. The van der Waals surface area contributed by atoms with Gasteiger partial charge in [-0.15, -0.1) is 11.8 Å². The highest BCUT2D eigenvalue weighted by Gasteiger charge is 2.62. The topological polar surface area (TPSA) is 209 Å². The van der Waals surface area contributed by atoms with Crippen LogP contribution < -0.4 is 38.5 Å². The van der Waals surface area contributed by atoms with Crippen molar-refractivity contribution < 1.29 is 76.4 Å². The molecule has 3 aromatic carbocycles. The third-order valence-electron chi connectivity index (χ3n) is 13.7. The van der Waals surface area contributed by atoms with E-state index in [9.17, 15) is 19.5 Å². The fraction of sp³-hybridized carbons (Fsp3) is 0.577. The van der Waals surface area contributed by atoms with E-state index in [4.69, 9.17) is 52.1 Å². The number of esters is 1. The van der Waals surface area contributed by atoms with Gasteiger partial charge in [0.05, 0.1) is 37.6 Å². The number of aliphatic hydroxyl groups excluding tert-OH is 1. The van der Waals surface area contributed by atoms with Gasteiger partial charge >= 0.3 is 24.4 Å². The Morgan fingerprint density at radius 3 is 2.01 bits per heavy atom. The first-order chi connectivity index (χ1) is 33.8. The molecule has 3 aromatic rings. The van der Waals surface area contributed by atoms with E-state index in [0.29, 0.717) is 75.6 Å². The predicted octanol–water partition coefficient (Wildman–Crippen LogP) is 8.02. The number of rotatable bonds is 5. The molecule has 1 spiro atoms. The lowest BCUT2D eigenvalue weighted by molar-refractivity contribution is -0.186. The molecule has 0 saturated carbocycles. The average Bonchev–Trinajstić information content (AvgIpc) is 3.76. The van der Waals surface area contributed by atoms with Gasteiger partial charge in [-0.1, -0.05) is 6.07 Å². The molecular weight excluding hydrogens is 955 g/mol. The summed E-state index contributed by atoms with van der Waals surface area (Å²) in [5.74, 6) is 1.06. The van der Waals surface area contributed by atoms with E-state index in [2.05, 4.69) is 10.2 Å². The van der Waals surface area contributed by atoms with E-state index in [0.717, 1.165) is 5.56 Å². The summed E-state index contributed by atoms with van der Waals surface area (Å²) >= 11 is 1.38. The highest BCUT2D eigenvalue weighted by Crippen LogP contribution is 2.65. The lowest BCUT2D eigenvalue weighted by Crippen LogP contribution is -2.70. The lowest BCUT2D eigenvalue weighted by Gasteiger charge is -2.62. The van der Waals surface area contributed by atoms with E-state index in [1.165, 1.54) is 26.0 Å². The molecule has 1 unspecified atom stereocenters. The van der Waals surface area contributed by atoms with Gasteiger partial charge in [-0.3, -0.25) is 15.1 Å². The summed E-state index contributed by atoms with van der Waals surface area (Å²) in [5, 5.41) is 15.7. The largest absolute Gasteiger partial charge is 0.514 e. The molecule has 0 aromatic heterocycles. The summed E-state index contributed by atoms with van der Waals surface area (Å²) < 4.78 is 66.2. The number of thioether (sulfide) groups is 1. The number of carbonyl (C=O) groups excluding carboxylic acids is 4. The highest BCUT2D eigenvalue weighted by molar-refractivity contribution is 7.99. The van der Waals surface area contributed by atoms with Crippen LogP contribution in [-0.4, -0.2) is 121 Å². The SMILES string of the molecule is COc1cc2c(cc1OC(=O)OC(C)(C)C)CCN[C@]21CS[C@@H]2c3c(OC(=O)OC(C)(C)C)c(C)c4c(c3[C@H](COC1=O)N1C2[C@@H]2c3c(cc(C)c(OC)c3OC(=O)OC(C)(C)C)C[C@@H]([C@@H]1O)N2C)OCO4. The number of piperazine rings is 1. The van der Waals surface area contributed by atoms with Gasteiger partial charge in [0.25, 0.3) is 0 Å². The molecule has 7 heterocycles. The molecular formula is C52H65N3O16S. The zero-order chi connectivity index (χ0) is 52.1. The highest BCUT2D eigenvalue weighted by atomic mass is 32.2. The summed E-state index contributed by atoms with van der Waals surface area (Å²) in [7, 11) is 4.87. The van der Waals surface area contributed by atoms with E-state index < -0.39 is 82.4 Å². The van der Waals surface area contributed by atoms with Crippen LogP contribution in [0.15, 0.2) is 18.2 Å². The van der Waals surface area contributed by atoms with Gasteiger partial charge in [-0.2, -0.15) is 0 Å². The molecule has 72 heavy (non-hydrogen) atoms. The molecule has 390 valence electrons. The van der Waals surface area contributed by atoms with Crippen molar-refractivity contribution >= 4 is 36.2 Å². The Bertz CT molecular complexity index is 2730. The number of fused-ring (bicyclic) bond motifs is 9. The first kappa shape index (κ1) is 51.2. The number of hydrogen-bond acceptors (Lipinski definition) is 20. The maximum Gasteiger partial charge on any atom is 0.514 e. The minimum absolute atomic E-state index is 0.00797. The summed E-state index contributed by atoms with van der Waals surface area (Å²) in [6.07, 6.45) is -3.20. The van der Waals surface area contributed by atoms with Gasteiger partial charge in [-0.05, 0) is 130 Å². The lowest BCUT2D eigenvalue weighted by atomic mass is 9.73. The Hall–Kier alpha value is -5.67.